The fourth-order valence-electron chi connectivity index (χ4n) is 2.45. The van der Waals surface area contributed by atoms with Crippen LogP contribution in [0, 0.1) is 6.92 Å². The Labute approximate surface area is 135 Å². The number of hydrogen-bond acceptors (Lipinski definition) is 3. The number of carbonyl (C=O) groups excluding carboxylic acids is 1. The number of nitrogens with zero attached hydrogens (tertiary/aromatic N) is 1. The molecule has 0 bridgehead atoms. The first kappa shape index (κ1) is 14.9. The summed E-state index contributed by atoms with van der Waals surface area (Å²) in [6.07, 6.45) is 3.43. The predicted octanol–water partition coefficient (Wildman–Crippen LogP) is 3.53. The van der Waals surface area contributed by atoms with Crippen LogP contribution < -0.4 is 15.4 Å². The third-order valence-electron chi connectivity index (χ3n) is 3.64. The second kappa shape index (κ2) is 6.01. The van der Waals surface area contributed by atoms with Gasteiger partial charge in [-0.25, -0.2) is 0 Å². The summed E-state index contributed by atoms with van der Waals surface area (Å²) in [5.74, 6) is 0.690. The Hall–Kier alpha value is -3.01. The molecule has 1 heterocycles. The number of nitrogens with two attached hydrogens (primary N) is 1. The Morgan fingerprint density at radius 2 is 1.96 bits per heavy atom. The van der Waals surface area contributed by atoms with E-state index in [9.17, 15) is 4.79 Å². The van der Waals surface area contributed by atoms with Crippen LogP contribution in [0.1, 0.15) is 11.1 Å². The van der Waals surface area contributed by atoms with Crippen LogP contribution in [0.3, 0.4) is 0 Å². The number of fused-ring (bicyclic) bond motifs is 1. The van der Waals surface area contributed by atoms with Gasteiger partial charge in [0.05, 0.1) is 5.69 Å². The van der Waals surface area contributed by atoms with Gasteiger partial charge in [-0.1, -0.05) is 35.9 Å². The molecule has 3 rings (SSSR count). The third-order valence-corrected chi connectivity index (χ3v) is 3.64. The van der Waals surface area contributed by atoms with Crippen molar-refractivity contribution in [2.75, 3.05) is 17.2 Å². The monoisotopic (exact) mass is 306 g/mol. The molecule has 0 saturated heterocycles. The highest BCUT2D eigenvalue weighted by atomic mass is 16.5. The molecule has 0 unspecified atom stereocenters. The summed E-state index contributed by atoms with van der Waals surface area (Å²) in [6.45, 7) is 6.13. The maximum atomic E-state index is 12.7. The topological polar surface area (TPSA) is 55.6 Å². The quantitative estimate of drug-likeness (QED) is 0.536. The van der Waals surface area contributed by atoms with Crippen LogP contribution in [0.2, 0.25) is 0 Å². The van der Waals surface area contributed by atoms with E-state index >= 15 is 0 Å². The number of anilines is 2. The zero-order valence-corrected chi connectivity index (χ0v) is 13.0. The molecule has 1 aliphatic heterocycles. The number of amides is 1. The number of carbonyl (C=O) groups is 1. The Morgan fingerprint density at radius 3 is 2.65 bits per heavy atom. The fraction of sp³-hybridized carbons (Fsp3) is 0.105. The Balaban J connectivity index is 2.03. The van der Waals surface area contributed by atoms with Crippen molar-refractivity contribution in [3.8, 4) is 5.75 Å². The fourth-order valence-corrected chi connectivity index (χ4v) is 2.45. The van der Waals surface area contributed by atoms with Gasteiger partial charge in [-0.15, -0.1) is 6.58 Å². The molecule has 2 aromatic carbocycles. The van der Waals surface area contributed by atoms with Gasteiger partial charge in [0.2, 0.25) is 0 Å². The highest BCUT2D eigenvalue weighted by molar-refractivity contribution is 6.10. The standard InChI is InChI=1S/C19H18N2O2/c1-3-10-21-16-12-15(20)8-9-17(16)23-18(19(21)22)11-14-6-4-13(2)5-7-14/h3-9,11-12H,1,10,20H2,2H3/b18-11+. The largest absolute Gasteiger partial charge is 0.449 e. The zero-order chi connectivity index (χ0) is 16.4. The summed E-state index contributed by atoms with van der Waals surface area (Å²) in [5, 5.41) is 0. The van der Waals surface area contributed by atoms with E-state index in [0.717, 1.165) is 11.1 Å². The molecule has 2 aromatic rings. The number of ether oxygens (including phenoxy) is 1. The number of benzene rings is 2. The van der Waals surface area contributed by atoms with Crippen LogP contribution >= 0.6 is 0 Å². The zero-order valence-electron chi connectivity index (χ0n) is 13.0. The van der Waals surface area contributed by atoms with Crippen molar-refractivity contribution < 1.29 is 9.53 Å². The van der Waals surface area contributed by atoms with Gasteiger partial charge in [0.25, 0.3) is 5.91 Å². The van der Waals surface area contributed by atoms with E-state index in [0.29, 0.717) is 23.7 Å². The van der Waals surface area contributed by atoms with Gasteiger partial charge >= 0.3 is 0 Å². The molecule has 4 nitrogen and oxygen atoms in total. The maximum Gasteiger partial charge on any atom is 0.294 e. The Kier molecular flexibility index (Phi) is 3.89. The first-order valence-corrected chi connectivity index (χ1v) is 7.37. The van der Waals surface area contributed by atoms with Crippen molar-refractivity contribution in [1.29, 1.82) is 0 Å². The van der Waals surface area contributed by atoms with Gasteiger partial charge in [-0.3, -0.25) is 9.69 Å². The number of nitrogen functional groups attached to an aromatic ring is 1. The molecule has 1 aliphatic rings. The maximum absolute atomic E-state index is 12.7. The van der Waals surface area contributed by atoms with E-state index < -0.39 is 0 Å². The average Bonchev–Trinajstić information content (AvgIpc) is 2.54. The van der Waals surface area contributed by atoms with Crippen molar-refractivity contribution in [3.05, 3.63) is 72.0 Å². The second-order valence-corrected chi connectivity index (χ2v) is 5.45. The lowest BCUT2D eigenvalue weighted by atomic mass is 10.1. The number of hydrogen-bond donors (Lipinski definition) is 1. The molecule has 23 heavy (non-hydrogen) atoms. The van der Waals surface area contributed by atoms with Crippen LogP contribution in [-0.2, 0) is 4.79 Å². The number of rotatable bonds is 3. The molecule has 0 fully saturated rings. The predicted molar refractivity (Wildman–Crippen MR) is 93.2 cm³/mol. The van der Waals surface area contributed by atoms with Crippen LogP contribution in [0.4, 0.5) is 11.4 Å². The average molecular weight is 306 g/mol. The van der Waals surface area contributed by atoms with E-state index in [1.165, 1.54) is 0 Å². The van der Waals surface area contributed by atoms with Gasteiger partial charge in [0.15, 0.2) is 11.5 Å². The van der Waals surface area contributed by atoms with Gasteiger partial charge < -0.3 is 10.5 Å². The van der Waals surface area contributed by atoms with Crippen LogP contribution in [-0.4, -0.2) is 12.5 Å². The molecule has 2 N–H and O–H groups in total. The molecule has 0 saturated carbocycles. The van der Waals surface area contributed by atoms with E-state index in [-0.39, 0.29) is 11.7 Å². The van der Waals surface area contributed by atoms with Gasteiger partial charge in [0, 0.05) is 12.2 Å². The summed E-state index contributed by atoms with van der Waals surface area (Å²) in [4.78, 5) is 14.3. The normalized spacial score (nSPS) is 15.3. The van der Waals surface area contributed by atoms with Gasteiger partial charge in [0.1, 0.15) is 0 Å². The van der Waals surface area contributed by atoms with E-state index in [1.54, 1.807) is 35.3 Å². The summed E-state index contributed by atoms with van der Waals surface area (Å²) in [5.41, 5.74) is 9.15. The molecule has 116 valence electrons. The minimum atomic E-state index is -0.205. The lowest BCUT2D eigenvalue weighted by Crippen LogP contribution is -2.37. The highest BCUT2D eigenvalue weighted by Crippen LogP contribution is 2.37. The molecule has 0 atom stereocenters. The van der Waals surface area contributed by atoms with E-state index in [4.69, 9.17) is 10.5 Å². The molecule has 1 amide bonds. The molecule has 0 spiro atoms. The summed E-state index contributed by atoms with van der Waals surface area (Å²) in [6, 6.07) is 13.2. The number of aryl methyl sites for hydroxylation is 1. The Morgan fingerprint density at radius 1 is 1.22 bits per heavy atom. The van der Waals surface area contributed by atoms with Crippen molar-refractivity contribution in [1.82, 2.24) is 0 Å². The molecule has 0 aliphatic carbocycles. The van der Waals surface area contributed by atoms with Gasteiger partial charge in [-0.05, 0) is 36.8 Å². The second-order valence-electron chi connectivity index (χ2n) is 5.45. The minimum absolute atomic E-state index is 0.205. The van der Waals surface area contributed by atoms with E-state index in [1.807, 2.05) is 31.2 Å². The van der Waals surface area contributed by atoms with Crippen LogP contribution in [0.15, 0.2) is 60.9 Å². The van der Waals surface area contributed by atoms with Crippen molar-refractivity contribution in [3.63, 3.8) is 0 Å². The molecule has 0 aromatic heterocycles. The SMILES string of the molecule is C=CCN1C(=O)/C(=C\c2ccc(C)cc2)Oc2ccc(N)cc21. The minimum Gasteiger partial charge on any atom is -0.449 e. The molecule has 4 heteroatoms. The lowest BCUT2D eigenvalue weighted by Gasteiger charge is -2.30. The summed E-state index contributed by atoms with van der Waals surface area (Å²) < 4.78 is 5.79. The smallest absolute Gasteiger partial charge is 0.294 e. The van der Waals surface area contributed by atoms with Crippen molar-refractivity contribution in [2.24, 2.45) is 0 Å². The van der Waals surface area contributed by atoms with Gasteiger partial charge in [-0.2, -0.15) is 0 Å². The lowest BCUT2D eigenvalue weighted by molar-refractivity contribution is -0.117. The Bertz CT molecular complexity index is 792. The summed E-state index contributed by atoms with van der Waals surface area (Å²) >= 11 is 0. The first-order chi connectivity index (χ1) is 11.1. The van der Waals surface area contributed by atoms with Crippen LogP contribution in [0.25, 0.3) is 6.08 Å². The summed E-state index contributed by atoms with van der Waals surface area (Å²) in [7, 11) is 0. The molecular formula is C19H18N2O2. The van der Waals surface area contributed by atoms with Crippen LogP contribution in [0.5, 0.6) is 5.75 Å². The molecule has 0 radical (unpaired) electrons. The van der Waals surface area contributed by atoms with Crippen molar-refractivity contribution >= 4 is 23.4 Å². The molecular weight excluding hydrogens is 288 g/mol. The highest BCUT2D eigenvalue weighted by Gasteiger charge is 2.29. The van der Waals surface area contributed by atoms with Crippen molar-refractivity contribution in [2.45, 2.75) is 6.92 Å². The van der Waals surface area contributed by atoms with E-state index in [2.05, 4.69) is 6.58 Å². The first-order valence-electron chi connectivity index (χ1n) is 7.37. The third kappa shape index (κ3) is 2.97.